The van der Waals surface area contributed by atoms with Gasteiger partial charge in [-0.25, -0.2) is 9.97 Å². The molecule has 1 atom stereocenters. The van der Waals surface area contributed by atoms with Gasteiger partial charge in [-0.2, -0.15) is 15.2 Å². The quantitative estimate of drug-likeness (QED) is 0.302. The summed E-state index contributed by atoms with van der Waals surface area (Å²) in [5.74, 6) is 0.714. The molecule has 3 aromatic heterocycles. The Morgan fingerprint density at radius 1 is 1.17 bits per heavy atom. The molecule has 1 fully saturated rings. The van der Waals surface area contributed by atoms with Crippen molar-refractivity contribution in [3.05, 3.63) is 61.7 Å². The van der Waals surface area contributed by atoms with E-state index in [0.29, 0.717) is 22.9 Å². The molecule has 36 heavy (non-hydrogen) atoms. The molecule has 1 aliphatic rings. The van der Waals surface area contributed by atoms with Gasteiger partial charge in [0.05, 0.1) is 38.9 Å². The number of nitrogens with zero attached hydrogens (tertiary/aromatic N) is 6. The number of benzene rings is 1. The van der Waals surface area contributed by atoms with Gasteiger partial charge in [0.1, 0.15) is 29.1 Å². The fourth-order valence-electron chi connectivity index (χ4n) is 4.16. The van der Waals surface area contributed by atoms with E-state index in [0.717, 1.165) is 12.8 Å². The number of hydrogen-bond acceptors (Lipinski definition) is 10. The van der Waals surface area contributed by atoms with Crippen molar-refractivity contribution in [2.24, 2.45) is 5.92 Å². The van der Waals surface area contributed by atoms with Crippen molar-refractivity contribution in [1.82, 2.24) is 24.5 Å². The SMILES string of the molecule is Cc1cc(N)ncc1-n1c(C(Nc2nc(N)nc(N)c2C#N)C2CC2)nc2c(Cl)ccc(Cl)c2c1=O. The van der Waals surface area contributed by atoms with Crippen LogP contribution in [0.25, 0.3) is 16.6 Å². The normalized spacial score (nSPS) is 13.9. The van der Waals surface area contributed by atoms with E-state index in [2.05, 4.69) is 20.3 Å². The van der Waals surface area contributed by atoms with Crippen molar-refractivity contribution in [3.63, 3.8) is 0 Å². The van der Waals surface area contributed by atoms with Crippen LogP contribution in [-0.4, -0.2) is 24.5 Å². The molecule has 0 aliphatic heterocycles. The summed E-state index contributed by atoms with van der Waals surface area (Å²) in [4.78, 5) is 31.0. The van der Waals surface area contributed by atoms with E-state index in [4.69, 9.17) is 45.4 Å². The van der Waals surface area contributed by atoms with E-state index in [1.165, 1.54) is 10.8 Å². The second-order valence-corrected chi connectivity index (χ2v) is 9.34. The van der Waals surface area contributed by atoms with Gasteiger partial charge < -0.3 is 22.5 Å². The molecule has 0 spiro atoms. The minimum atomic E-state index is -0.560. The third kappa shape index (κ3) is 4.00. The predicted molar refractivity (Wildman–Crippen MR) is 139 cm³/mol. The maximum Gasteiger partial charge on any atom is 0.267 e. The Morgan fingerprint density at radius 2 is 1.89 bits per heavy atom. The first kappa shape index (κ1) is 23.6. The molecule has 182 valence electrons. The number of pyridine rings is 1. The summed E-state index contributed by atoms with van der Waals surface area (Å²) in [6.45, 7) is 1.81. The molecule has 1 aliphatic carbocycles. The highest BCUT2D eigenvalue weighted by Gasteiger charge is 2.37. The largest absolute Gasteiger partial charge is 0.384 e. The van der Waals surface area contributed by atoms with Crippen LogP contribution in [0.15, 0.2) is 29.2 Å². The number of nitrogens with one attached hydrogen (secondary N) is 1. The standard InChI is InChI=1S/C23H20Cl2N10O/c1-9-6-15(27)30-8-14(9)35-21(32-18-13(25)5-4-12(24)16(18)22(35)36)17(10-2-3-10)31-20-11(7-26)19(28)33-23(29)34-20/h4-6,8,10,17H,2-3H2,1H3,(H2,27,30)(H5,28,29,31,33,34). The van der Waals surface area contributed by atoms with Gasteiger partial charge in [0.25, 0.3) is 5.56 Å². The van der Waals surface area contributed by atoms with Crippen molar-refractivity contribution in [3.8, 4) is 11.8 Å². The van der Waals surface area contributed by atoms with E-state index < -0.39 is 11.6 Å². The summed E-state index contributed by atoms with van der Waals surface area (Å²) < 4.78 is 1.45. The Balaban J connectivity index is 1.82. The van der Waals surface area contributed by atoms with Crippen LogP contribution in [0.2, 0.25) is 10.0 Å². The van der Waals surface area contributed by atoms with Gasteiger partial charge in [0.15, 0.2) is 5.82 Å². The number of nitrogen functional groups attached to an aromatic ring is 3. The van der Waals surface area contributed by atoms with E-state index in [1.807, 2.05) is 13.0 Å². The Hall–Kier alpha value is -4.14. The van der Waals surface area contributed by atoms with Crippen molar-refractivity contribution >= 4 is 57.5 Å². The number of nitrogens with two attached hydrogens (primary N) is 3. The molecule has 7 N–H and O–H groups in total. The van der Waals surface area contributed by atoms with E-state index >= 15 is 0 Å². The molecule has 0 bridgehead atoms. The molecule has 1 saturated carbocycles. The Bertz CT molecular complexity index is 1640. The minimum absolute atomic E-state index is 0.0379. The minimum Gasteiger partial charge on any atom is -0.384 e. The topological polar surface area (TPSA) is 187 Å². The molecular formula is C23H20Cl2N10O. The van der Waals surface area contributed by atoms with Crippen LogP contribution < -0.4 is 28.1 Å². The summed E-state index contributed by atoms with van der Waals surface area (Å²) >= 11 is 12.9. The van der Waals surface area contributed by atoms with Gasteiger partial charge in [0.2, 0.25) is 5.95 Å². The Labute approximate surface area is 214 Å². The fraction of sp³-hybridized carbons (Fsp3) is 0.217. The fourth-order valence-corrected chi connectivity index (χ4v) is 4.59. The lowest BCUT2D eigenvalue weighted by Crippen LogP contribution is -2.30. The number of nitriles is 1. The second kappa shape index (κ2) is 8.82. The van der Waals surface area contributed by atoms with Crippen LogP contribution in [0.1, 0.15) is 35.8 Å². The summed E-state index contributed by atoms with van der Waals surface area (Å²) in [6, 6.07) is 6.24. The molecule has 1 aromatic carbocycles. The molecule has 0 radical (unpaired) electrons. The monoisotopic (exact) mass is 522 g/mol. The van der Waals surface area contributed by atoms with E-state index in [1.54, 1.807) is 18.2 Å². The number of rotatable bonds is 5. The Morgan fingerprint density at radius 3 is 2.56 bits per heavy atom. The van der Waals surface area contributed by atoms with Gasteiger partial charge in [0, 0.05) is 0 Å². The second-order valence-electron chi connectivity index (χ2n) is 8.52. The van der Waals surface area contributed by atoms with Crippen molar-refractivity contribution in [1.29, 1.82) is 5.26 Å². The van der Waals surface area contributed by atoms with Crippen LogP contribution in [-0.2, 0) is 0 Å². The van der Waals surface area contributed by atoms with E-state index in [9.17, 15) is 10.1 Å². The highest BCUT2D eigenvalue weighted by Crippen LogP contribution is 2.43. The first-order chi connectivity index (χ1) is 17.2. The van der Waals surface area contributed by atoms with Crippen molar-refractivity contribution < 1.29 is 0 Å². The average Bonchev–Trinajstić information content (AvgIpc) is 3.65. The first-order valence-electron chi connectivity index (χ1n) is 10.9. The molecule has 0 saturated heterocycles. The number of anilines is 4. The van der Waals surface area contributed by atoms with Gasteiger partial charge >= 0.3 is 0 Å². The highest BCUT2D eigenvalue weighted by atomic mass is 35.5. The lowest BCUT2D eigenvalue weighted by molar-refractivity contribution is 0.608. The maximum absolute atomic E-state index is 14.0. The highest BCUT2D eigenvalue weighted by molar-refractivity contribution is 6.39. The molecule has 3 heterocycles. The molecule has 5 rings (SSSR count). The van der Waals surface area contributed by atoms with Gasteiger partial charge in [-0.3, -0.25) is 9.36 Å². The number of fused-ring (bicyclic) bond motifs is 1. The molecule has 13 heteroatoms. The van der Waals surface area contributed by atoms with Crippen LogP contribution in [0, 0.1) is 24.2 Å². The van der Waals surface area contributed by atoms with Crippen LogP contribution >= 0.6 is 23.2 Å². The first-order valence-corrected chi connectivity index (χ1v) is 11.7. The summed E-state index contributed by atoms with van der Waals surface area (Å²) in [5.41, 5.74) is 18.6. The zero-order valence-corrected chi connectivity index (χ0v) is 20.5. The van der Waals surface area contributed by atoms with Crippen LogP contribution in [0.5, 0.6) is 0 Å². The zero-order chi connectivity index (χ0) is 25.7. The lowest BCUT2D eigenvalue weighted by Gasteiger charge is -2.24. The molecule has 0 amide bonds. The third-order valence-corrected chi connectivity index (χ3v) is 6.65. The van der Waals surface area contributed by atoms with Crippen molar-refractivity contribution in [2.75, 3.05) is 22.5 Å². The molecule has 11 nitrogen and oxygen atoms in total. The van der Waals surface area contributed by atoms with E-state index in [-0.39, 0.29) is 50.0 Å². The molecule has 4 aromatic rings. The predicted octanol–water partition coefficient (Wildman–Crippen LogP) is 3.37. The maximum atomic E-state index is 14.0. The molecule has 1 unspecified atom stereocenters. The summed E-state index contributed by atoms with van der Waals surface area (Å²) in [7, 11) is 0. The lowest BCUT2D eigenvalue weighted by atomic mass is 10.1. The average molecular weight is 523 g/mol. The van der Waals surface area contributed by atoms with Crippen molar-refractivity contribution in [2.45, 2.75) is 25.8 Å². The Kier molecular flexibility index (Phi) is 5.78. The number of halogens is 2. The van der Waals surface area contributed by atoms with Crippen LogP contribution in [0.4, 0.5) is 23.4 Å². The number of aromatic nitrogens is 5. The molecular weight excluding hydrogens is 503 g/mol. The number of hydrogen-bond donors (Lipinski definition) is 4. The zero-order valence-electron chi connectivity index (χ0n) is 19.0. The smallest absolute Gasteiger partial charge is 0.267 e. The van der Waals surface area contributed by atoms with Gasteiger partial charge in [-0.1, -0.05) is 23.2 Å². The summed E-state index contributed by atoms with van der Waals surface area (Å²) in [5, 5.41) is 13.6. The summed E-state index contributed by atoms with van der Waals surface area (Å²) in [6.07, 6.45) is 3.21. The van der Waals surface area contributed by atoms with Crippen LogP contribution in [0.3, 0.4) is 0 Å². The van der Waals surface area contributed by atoms with Gasteiger partial charge in [-0.05, 0) is 49.4 Å². The van der Waals surface area contributed by atoms with Gasteiger partial charge in [-0.15, -0.1) is 0 Å². The number of aryl methyl sites for hydroxylation is 1. The third-order valence-electron chi connectivity index (χ3n) is 6.03.